The van der Waals surface area contributed by atoms with Gasteiger partial charge in [-0.25, -0.2) is 4.39 Å². The van der Waals surface area contributed by atoms with E-state index in [1.807, 2.05) is 18.2 Å². The van der Waals surface area contributed by atoms with Crippen LogP contribution in [0, 0.1) is 5.82 Å². The van der Waals surface area contributed by atoms with Gasteiger partial charge in [-0.05, 0) is 42.8 Å². The standard InChI is InChI=1S/C19H22FNO2/c20-16-6-8-17(9-7-16)23-13-12-21-11-10-18(19(22)14-21)15-4-2-1-3-5-15/h1-9,18-19,22H,10-14H2/t18-,19+/m0/s1. The molecule has 1 N–H and O–H groups in total. The second-order valence-electron chi connectivity index (χ2n) is 5.98. The Morgan fingerprint density at radius 2 is 1.83 bits per heavy atom. The first-order chi connectivity index (χ1) is 11.2. The number of nitrogens with zero attached hydrogens (tertiary/aromatic N) is 1. The van der Waals surface area contributed by atoms with Crippen LogP contribution in [0.4, 0.5) is 4.39 Å². The fourth-order valence-electron chi connectivity index (χ4n) is 3.11. The monoisotopic (exact) mass is 315 g/mol. The van der Waals surface area contributed by atoms with Gasteiger partial charge in [0.15, 0.2) is 0 Å². The molecular weight excluding hydrogens is 293 g/mol. The molecule has 3 rings (SSSR count). The molecule has 1 heterocycles. The molecule has 23 heavy (non-hydrogen) atoms. The summed E-state index contributed by atoms with van der Waals surface area (Å²) in [7, 11) is 0. The summed E-state index contributed by atoms with van der Waals surface area (Å²) in [4.78, 5) is 2.22. The maximum absolute atomic E-state index is 12.8. The van der Waals surface area contributed by atoms with Crippen LogP contribution in [-0.4, -0.2) is 42.4 Å². The lowest BCUT2D eigenvalue weighted by Crippen LogP contribution is -2.44. The summed E-state index contributed by atoms with van der Waals surface area (Å²) in [6.45, 7) is 2.90. The quantitative estimate of drug-likeness (QED) is 0.920. The van der Waals surface area contributed by atoms with E-state index in [2.05, 4.69) is 17.0 Å². The molecule has 1 fully saturated rings. The number of halogens is 1. The van der Waals surface area contributed by atoms with Crippen molar-refractivity contribution < 1.29 is 14.2 Å². The number of benzene rings is 2. The van der Waals surface area contributed by atoms with Crippen molar-refractivity contribution in [1.82, 2.24) is 4.90 Å². The van der Waals surface area contributed by atoms with Crippen LogP contribution in [0.15, 0.2) is 54.6 Å². The Balaban J connectivity index is 1.45. The fourth-order valence-corrected chi connectivity index (χ4v) is 3.11. The summed E-state index contributed by atoms with van der Waals surface area (Å²) in [5, 5.41) is 10.4. The molecule has 122 valence electrons. The van der Waals surface area contributed by atoms with Crippen LogP contribution in [0.1, 0.15) is 17.9 Å². The van der Waals surface area contributed by atoms with Gasteiger partial charge in [0.05, 0.1) is 6.10 Å². The third kappa shape index (κ3) is 4.30. The second kappa shape index (κ2) is 7.57. The van der Waals surface area contributed by atoms with Crippen LogP contribution in [0.3, 0.4) is 0 Å². The Bertz CT molecular complexity index is 603. The van der Waals surface area contributed by atoms with Gasteiger partial charge >= 0.3 is 0 Å². The maximum atomic E-state index is 12.8. The molecule has 1 saturated heterocycles. The van der Waals surface area contributed by atoms with E-state index in [0.29, 0.717) is 18.9 Å². The number of β-amino-alcohol motifs (C(OH)–C–C–N with tert-alkyl or cyclic N) is 1. The Morgan fingerprint density at radius 1 is 1.09 bits per heavy atom. The zero-order valence-electron chi connectivity index (χ0n) is 13.1. The topological polar surface area (TPSA) is 32.7 Å². The molecule has 0 aliphatic carbocycles. The highest BCUT2D eigenvalue weighted by Gasteiger charge is 2.28. The smallest absolute Gasteiger partial charge is 0.123 e. The predicted molar refractivity (Wildman–Crippen MR) is 88.1 cm³/mol. The van der Waals surface area contributed by atoms with Gasteiger partial charge in [-0.15, -0.1) is 0 Å². The minimum atomic E-state index is -0.350. The van der Waals surface area contributed by atoms with Crippen molar-refractivity contribution in [3.05, 3.63) is 66.0 Å². The van der Waals surface area contributed by atoms with Crippen LogP contribution in [0.5, 0.6) is 5.75 Å². The molecule has 0 radical (unpaired) electrons. The van der Waals surface area contributed by atoms with E-state index in [9.17, 15) is 9.50 Å². The molecule has 1 aliphatic heterocycles. The van der Waals surface area contributed by atoms with Gasteiger partial charge in [-0.1, -0.05) is 30.3 Å². The van der Waals surface area contributed by atoms with Crippen molar-refractivity contribution in [2.24, 2.45) is 0 Å². The van der Waals surface area contributed by atoms with E-state index in [-0.39, 0.29) is 17.8 Å². The summed E-state index contributed by atoms with van der Waals surface area (Å²) in [5.74, 6) is 0.625. The van der Waals surface area contributed by atoms with Crippen LogP contribution >= 0.6 is 0 Å². The van der Waals surface area contributed by atoms with Gasteiger partial charge in [0, 0.05) is 19.0 Å². The maximum Gasteiger partial charge on any atom is 0.123 e. The molecule has 4 heteroatoms. The van der Waals surface area contributed by atoms with E-state index in [1.54, 1.807) is 12.1 Å². The van der Waals surface area contributed by atoms with Crippen molar-refractivity contribution in [3.8, 4) is 5.75 Å². The van der Waals surface area contributed by atoms with Crippen molar-refractivity contribution in [2.45, 2.75) is 18.4 Å². The SMILES string of the molecule is O[C@@H]1CN(CCOc2ccc(F)cc2)CC[C@H]1c1ccccc1. The molecule has 0 spiro atoms. The van der Waals surface area contributed by atoms with Gasteiger partial charge in [-0.2, -0.15) is 0 Å². The largest absolute Gasteiger partial charge is 0.492 e. The molecule has 0 saturated carbocycles. The normalized spacial score (nSPS) is 22.0. The molecule has 1 aliphatic rings. The van der Waals surface area contributed by atoms with E-state index in [1.165, 1.54) is 17.7 Å². The number of rotatable bonds is 5. The molecule has 3 nitrogen and oxygen atoms in total. The van der Waals surface area contributed by atoms with Crippen LogP contribution in [0.2, 0.25) is 0 Å². The zero-order chi connectivity index (χ0) is 16.1. The van der Waals surface area contributed by atoms with Crippen LogP contribution in [0.25, 0.3) is 0 Å². The summed E-state index contributed by atoms with van der Waals surface area (Å²) in [6.07, 6.45) is 0.596. The van der Waals surface area contributed by atoms with Gasteiger partial charge in [0.1, 0.15) is 18.2 Å². The third-order valence-corrected chi connectivity index (χ3v) is 4.38. The van der Waals surface area contributed by atoms with Crippen molar-refractivity contribution in [2.75, 3.05) is 26.2 Å². The molecule has 0 aromatic heterocycles. The van der Waals surface area contributed by atoms with Gasteiger partial charge in [-0.3, -0.25) is 4.90 Å². The van der Waals surface area contributed by atoms with Crippen molar-refractivity contribution >= 4 is 0 Å². The lowest BCUT2D eigenvalue weighted by atomic mass is 9.87. The number of hydrogen-bond acceptors (Lipinski definition) is 3. The molecular formula is C19H22FNO2. The van der Waals surface area contributed by atoms with Gasteiger partial charge in [0.25, 0.3) is 0 Å². The van der Waals surface area contributed by atoms with Crippen molar-refractivity contribution in [3.63, 3.8) is 0 Å². The van der Waals surface area contributed by atoms with Crippen LogP contribution in [-0.2, 0) is 0 Å². The summed E-state index contributed by atoms with van der Waals surface area (Å²) >= 11 is 0. The highest BCUT2D eigenvalue weighted by molar-refractivity contribution is 5.22. The van der Waals surface area contributed by atoms with E-state index < -0.39 is 0 Å². The molecule has 0 amide bonds. The first-order valence-corrected chi connectivity index (χ1v) is 8.06. The molecule has 2 atom stereocenters. The zero-order valence-corrected chi connectivity index (χ0v) is 13.1. The van der Waals surface area contributed by atoms with Crippen molar-refractivity contribution in [1.29, 1.82) is 0 Å². The number of likely N-dealkylation sites (tertiary alicyclic amines) is 1. The Kier molecular flexibility index (Phi) is 5.26. The number of ether oxygens (including phenoxy) is 1. The van der Waals surface area contributed by atoms with E-state index in [0.717, 1.165) is 19.5 Å². The molecule has 0 unspecified atom stereocenters. The number of piperidine rings is 1. The third-order valence-electron chi connectivity index (χ3n) is 4.38. The number of aliphatic hydroxyl groups is 1. The average molecular weight is 315 g/mol. The highest BCUT2D eigenvalue weighted by Crippen LogP contribution is 2.28. The first-order valence-electron chi connectivity index (χ1n) is 8.06. The van der Waals surface area contributed by atoms with E-state index >= 15 is 0 Å². The number of aliphatic hydroxyl groups excluding tert-OH is 1. The molecule has 0 bridgehead atoms. The molecule has 2 aromatic rings. The first kappa shape index (κ1) is 16.0. The molecule has 2 aromatic carbocycles. The average Bonchev–Trinajstić information content (AvgIpc) is 2.58. The lowest BCUT2D eigenvalue weighted by molar-refractivity contribution is 0.0452. The Labute approximate surface area is 136 Å². The lowest BCUT2D eigenvalue weighted by Gasteiger charge is -2.36. The minimum absolute atomic E-state index is 0.213. The second-order valence-corrected chi connectivity index (χ2v) is 5.98. The Morgan fingerprint density at radius 3 is 2.52 bits per heavy atom. The number of hydrogen-bond donors (Lipinski definition) is 1. The van der Waals surface area contributed by atoms with Gasteiger partial charge < -0.3 is 9.84 Å². The minimum Gasteiger partial charge on any atom is -0.492 e. The predicted octanol–water partition coefficient (Wildman–Crippen LogP) is 3.05. The summed E-state index contributed by atoms with van der Waals surface area (Å²) < 4.78 is 18.4. The highest BCUT2D eigenvalue weighted by atomic mass is 19.1. The fraction of sp³-hybridized carbons (Fsp3) is 0.368. The Hall–Kier alpha value is -1.91. The summed E-state index contributed by atoms with van der Waals surface area (Å²) in [6, 6.07) is 16.3. The summed E-state index contributed by atoms with van der Waals surface area (Å²) in [5.41, 5.74) is 1.21. The van der Waals surface area contributed by atoms with Crippen LogP contribution < -0.4 is 4.74 Å². The van der Waals surface area contributed by atoms with Gasteiger partial charge in [0.2, 0.25) is 0 Å². The van der Waals surface area contributed by atoms with E-state index in [4.69, 9.17) is 4.74 Å².